The van der Waals surface area contributed by atoms with E-state index in [1.807, 2.05) is 19.1 Å². The lowest BCUT2D eigenvalue weighted by Gasteiger charge is -2.28. The van der Waals surface area contributed by atoms with Crippen LogP contribution < -0.4 is 19.5 Å². The third-order valence-corrected chi connectivity index (χ3v) is 6.11. The zero-order valence-electron chi connectivity index (χ0n) is 20.0. The van der Waals surface area contributed by atoms with Gasteiger partial charge >= 0.3 is 0 Å². The van der Waals surface area contributed by atoms with Crippen LogP contribution >= 0.6 is 0 Å². The zero-order chi connectivity index (χ0) is 23.3. The van der Waals surface area contributed by atoms with Gasteiger partial charge in [0.2, 0.25) is 5.91 Å². The summed E-state index contributed by atoms with van der Waals surface area (Å²) in [5.74, 6) is 2.17. The van der Waals surface area contributed by atoms with Gasteiger partial charge in [0.05, 0.1) is 39.5 Å². The van der Waals surface area contributed by atoms with E-state index in [-0.39, 0.29) is 11.9 Å². The molecule has 0 bridgehead atoms. The number of nitrogens with one attached hydrogen (secondary N) is 1. The lowest BCUT2D eigenvalue weighted by molar-refractivity contribution is -0.122. The highest BCUT2D eigenvalue weighted by Gasteiger charge is 2.22. The van der Waals surface area contributed by atoms with Gasteiger partial charge in [0.1, 0.15) is 17.2 Å². The van der Waals surface area contributed by atoms with Gasteiger partial charge in [-0.3, -0.25) is 9.69 Å². The largest absolute Gasteiger partial charge is 0.496 e. The van der Waals surface area contributed by atoms with Crippen LogP contribution in [0.2, 0.25) is 0 Å². The molecule has 0 radical (unpaired) electrons. The molecule has 1 unspecified atom stereocenters. The normalized spacial score (nSPS) is 15.0. The standard InChI is InChI=1S/C26H34N2O4/c1-17-7-8-21(13-18(17)2)19(3)27-25(29)16-28-11-9-20(10-12-28)26-23(31-5)14-22(30-4)15-24(26)32-6/h7-9,13-15,19H,10-12,16H2,1-6H3,(H,27,29). The summed E-state index contributed by atoms with van der Waals surface area (Å²) in [6, 6.07) is 10.0. The van der Waals surface area contributed by atoms with Crippen LogP contribution in [-0.4, -0.2) is 51.8 Å². The summed E-state index contributed by atoms with van der Waals surface area (Å²) in [6.07, 6.45) is 2.95. The molecule has 1 heterocycles. The minimum absolute atomic E-state index is 0.0227. The Morgan fingerprint density at radius 3 is 2.25 bits per heavy atom. The highest BCUT2D eigenvalue weighted by molar-refractivity contribution is 5.80. The van der Waals surface area contributed by atoms with Crippen molar-refractivity contribution in [1.29, 1.82) is 0 Å². The Labute approximate surface area is 191 Å². The van der Waals surface area contributed by atoms with Crippen LogP contribution in [0, 0.1) is 13.8 Å². The topological polar surface area (TPSA) is 60.0 Å². The van der Waals surface area contributed by atoms with Gasteiger partial charge in [-0.25, -0.2) is 0 Å². The van der Waals surface area contributed by atoms with Crippen LogP contribution in [0.15, 0.2) is 36.4 Å². The molecule has 1 atom stereocenters. The van der Waals surface area contributed by atoms with Crippen LogP contribution in [0.1, 0.15) is 41.6 Å². The lowest BCUT2D eigenvalue weighted by atomic mass is 9.97. The summed E-state index contributed by atoms with van der Waals surface area (Å²) in [5.41, 5.74) is 5.72. The molecule has 3 rings (SSSR count). The van der Waals surface area contributed by atoms with Crippen LogP contribution in [0.25, 0.3) is 5.57 Å². The first-order chi connectivity index (χ1) is 15.4. The second kappa shape index (κ2) is 10.6. The van der Waals surface area contributed by atoms with Gasteiger partial charge in [-0.05, 0) is 49.5 Å². The van der Waals surface area contributed by atoms with E-state index in [0.29, 0.717) is 18.8 Å². The van der Waals surface area contributed by atoms with E-state index in [4.69, 9.17) is 14.2 Å². The van der Waals surface area contributed by atoms with Crippen molar-refractivity contribution in [2.75, 3.05) is 41.0 Å². The van der Waals surface area contributed by atoms with Crippen molar-refractivity contribution in [3.8, 4) is 17.2 Å². The second-order valence-electron chi connectivity index (χ2n) is 8.25. The first kappa shape index (κ1) is 23.7. The van der Waals surface area contributed by atoms with E-state index in [1.54, 1.807) is 21.3 Å². The number of hydrogen-bond acceptors (Lipinski definition) is 5. The first-order valence-corrected chi connectivity index (χ1v) is 10.9. The van der Waals surface area contributed by atoms with Crippen LogP contribution in [0.5, 0.6) is 17.2 Å². The fraction of sp³-hybridized carbons (Fsp3) is 0.423. The average Bonchev–Trinajstić information content (AvgIpc) is 2.80. The molecule has 1 N–H and O–H groups in total. The van der Waals surface area contributed by atoms with Crippen molar-refractivity contribution in [3.63, 3.8) is 0 Å². The van der Waals surface area contributed by atoms with E-state index >= 15 is 0 Å². The average molecular weight is 439 g/mol. The molecule has 1 aliphatic rings. The maximum absolute atomic E-state index is 12.6. The number of methoxy groups -OCH3 is 3. The second-order valence-corrected chi connectivity index (χ2v) is 8.25. The molecule has 0 aromatic heterocycles. The van der Waals surface area contributed by atoms with Gasteiger partial charge in [-0.2, -0.15) is 0 Å². The Hall–Kier alpha value is -2.99. The van der Waals surface area contributed by atoms with E-state index in [9.17, 15) is 4.79 Å². The summed E-state index contributed by atoms with van der Waals surface area (Å²) < 4.78 is 16.5. The Bertz CT molecular complexity index is 974. The van der Waals surface area contributed by atoms with Gasteiger partial charge in [-0.1, -0.05) is 24.3 Å². The predicted molar refractivity (Wildman–Crippen MR) is 128 cm³/mol. The molecule has 32 heavy (non-hydrogen) atoms. The number of hydrogen-bond donors (Lipinski definition) is 1. The molecule has 1 aliphatic heterocycles. The highest BCUT2D eigenvalue weighted by Crippen LogP contribution is 2.40. The van der Waals surface area contributed by atoms with E-state index in [1.165, 1.54) is 11.1 Å². The Kier molecular flexibility index (Phi) is 7.80. The molecule has 1 amide bonds. The van der Waals surface area contributed by atoms with Crippen LogP contribution in [-0.2, 0) is 4.79 Å². The van der Waals surface area contributed by atoms with Crippen molar-refractivity contribution in [2.24, 2.45) is 0 Å². The molecule has 0 saturated carbocycles. The molecule has 2 aromatic rings. The minimum Gasteiger partial charge on any atom is -0.496 e. The van der Waals surface area contributed by atoms with Crippen molar-refractivity contribution in [1.82, 2.24) is 10.2 Å². The van der Waals surface area contributed by atoms with E-state index in [2.05, 4.69) is 48.3 Å². The third-order valence-electron chi connectivity index (χ3n) is 6.11. The van der Waals surface area contributed by atoms with Crippen LogP contribution in [0.4, 0.5) is 0 Å². The van der Waals surface area contributed by atoms with Crippen molar-refractivity contribution >= 4 is 11.5 Å². The highest BCUT2D eigenvalue weighted by atomic mass is 16.5. The number of carbonyl (C=O) groups excluding carboxylic acids is 1. The number of ether oxygens (including phenoxy) is 3. The monoisotopic (exact) mass is 438 g/mol. The van der Waals surface area contributed by atoms with E-state index in [0.717, 1.165) is 41.2 Å². The minimum atomic E-state index is -0.0227. The Balaban J connectivity index is 1.64. The molecule has 6 heteroatoms. The number of nitrogens with zero attached hydrogens (tertiary/aromatic N) is 1. The third kappa shape index (κ3) is 5.43. The van der Waals surface area contributed by atoms with E-state index < -0.39 is 0 Å². The van der Waals surface area contributed by atoms with Crippen molar-refractivity contribution < 1.29 is 19.0 Å². The molecular formula is C26H34N2O4. The quantitative estimate of drug-likeness (QED) is 0.666. The molecule has 6 nitrogen and oxygen atoms in total. The number of benzene rings is 2. The summed E-state index contributed by atoms with van der Waals surface area (Å²) in [7, 11) is 4.92. The number of rotatable bonds is 8. The maximum Gasteiger partial charge on any atom is 0.234 e. The first-order valence-electron chi connectivity index (χ1n) is 10.9. The predicted octanol–water partition coefficient (Wildman–Crippen LogP) is 4.30. The summed E-state index contributed by atoms with van der Waals surface area (Å²) >= 11 is 0. The van der Waals surface area contributed by atoms with Crippen molar-refractivity contribution in [2.45, 2.75) is 33.2 Å². The number of carbonyl (C=O) groups is 1. The van der Waals surface area contributed by atoms with Crippen LogP contribution in [0.3, 0.4) is 0 Å². The number of aryl methyl sites for hydroxylation is 2. The molecule has 0 aliphatic carbocycles. The molecular weight excluding hydrogens is 404 g/mol. The maximum atomic E-state index is 12.6. The molecule has 172 valence electrons. The smallest absolute Gasteiger partial charge is 0.234 e. The Morgan fingerprint density at radius 2 is 1.72 bits per heavy atom. The summed E-state index contributed by atoms with van der Waals surface area (Å²) in [4.78, 5) is 14.8. The fourth-order valence-corrected chi connectivity index (χ4v) is 4.01. The molecule has 0 fully saturated rings. The summed E-state index contributed by atoms with van der Waals surface area (Å²) in [5, 5.41) is 3.13. The SMILES string of the molecule is COc1cc(OC)c(C2=CCN(CC(=O)NC(C)c3ccc(C)c(C)c3)CC2)c(OC)c1. The lowest BCUT2D eigenvalue weighted by Crippen LogP contribution is -2.40. The molecule has 2 aromatic carbocycles. The van der Waals surface area contributed by atoms with Crippen molar-refractivity contribution in [3.05, 3.63) is 58.7 Å². The fourth-order valence-electron chi connectivity index (χ4n) is 4.01. The number of amides is 1. The van der Waals surface area contributed by atoms with Gasteiger partial charge in [-0.15, -0.1) is 0 Å². The summed E-state index contributed by atoms with van der Waals surface area (Å²) in [6.45, 7) is 8.07. The van der Waals surface area contributed by atoms with Gasteiger partial charge < -0.3 is 19.5 Å². The molecule has 0 saturated heterocycles. The molecule has 0 spiro atoms. The zero-order valence-corrected chi connectivity index (χ0v) is 20.0. The van der Waals surface area contributed by atoms with Gasteiger partial charge in [0.15, 0.2) is 0 Å². The Morgan fingerprint density at radius 1 is 1.03 bits per heavy atom. The van der Waals surface area contributed by atoms with Gasteiger partial charge in [0.25, 0.3) is 0 Å². The van der Waals surface area contributed by atoms with Gasteiger partial charge in [0, 0.05) is 25.2 Å².